The van der Waals surface area contributed by atoms with Crippen LogP contribution in [0.15, 0.2) is 18.5 Å². The molecule has 0 unspecified atom stereocenters. The van der Waals surface area contributed by atoms with Crippen molar-refractivity contribution in [1.29, 1.82) is 0 Å². The predicted octanol–water partition coefficient (Wildman–Crippen LogP) is 2.77. The molecule has 0 aliphatic carbocycles. The van der Waals surface area contributed by atoms with E-state index in [1.807, 2.05) is 26.1 Å². The van der Waals surface area contributed by atoms with Crippen LogP contribution in [0.4, 0.5) is 0 Å². The molecule has 1 heterocycles. The van der Waals surface area contributed by atoms with Gasteiger partial charge >= 0.3 is 0 Å². The summed E-state index contributed by atoms with van der Waals surface area (Å²) in [6.45, 7) is 2.66. The fraction of sp³-hybridized carbons (Fsp3) is 0.308. The number of aromatic nitrogens is 2. The van der Waals surface area contributed by atoms with Gasteiger partial charge in [-0.05, 0) is 31.7 Å². The molecule has 4 nitrogen and oxygen atoms in total. The Morgan fingerprint density at radius 2 is 2.22 bits per heavy atom. The summed E-state index contributed by atoms with van der Waals surface area (Å²) in [7, 11) is 3.54. The van der Waals surface area contributed by atoms with Crippen molar-refractivity contribution in [2.24, 2.45) is 0 Å². The van der Waals surface area contributed by atoms with Gasteiger partial charge in [-0.25, -0.2) is 4.98 Å². The minimum Gasteiger partial charge on any atom is -0.496 e. The van der Waals surface area contributed by atoms with Crippen LogP contribution in [0.25, 0.3) is 11.3 Å². The number of aromatic amines is 1. The molecule has 96 valence electrons. The van der Waals surface area contributed by atoms with Crippen LogP contribution in [0, 0.1) is 6.92 Å². The number of imidazole rings is 1. The van der Waals surface area contributed by atoms with E-state index in [4.69, 9.17) is 16.3 Å². The van der Waals surface area contributed by atoms with Gasteiger partial charge in [0, 0.05) is 17.1 Å². The van der Waals surface area contributed by atoms with Crippen molar-refractivity contribution in [1.82, 2.24) is 15.3 Å². The quantitative estimate of drug-likeness (QED) is 0.894. The van der Waals surface area contributed by atoms with E-state index in [0.29, 0.717) is 11.6 Å². The number of hydrogen-bond donors (Lipinski definition) is 2. The maximum absolute atomic E-state index is 6.18. The van der Waals surface area contributed by atoms with E-state index < -0.39 is 0 Å². The summed E-state index contributed by atoms with van der Waals surface area (Å²) in [6.07, 6.45) is 1.68. The molecule has 18 heavy (non-hydrogen) atoms. The zero-order valence-corrected chi connectivity index (χ0v) is 11.4. The molecule has 0 bridgehead atoms. The summed E-state index contributed by atoms with van der Waals surface area (Å²) >= 11 is 6.18. The standard InChI is InChI=1S/C13H16ClN3O/c1-8-4-12(18-3)9(5-10(8)14)13-11(6-15-2)16-7-17-13/h4-5,7,15H,6H2,1-3H3,(H,16,17). The third-order valence-electron chi connectivity index (χ3n) is 2.81. The molecule has 0 amide bonds. The van der Waals surface area contributed by atoms with E-state index in [2.05, 4.69) is 15.3 Å². The summed E-state index contributed by atoms with van der Waals surface area (Å²) in [5.41, 5.74) is 3.77. The second-order valence-corrected chi connectivity index (χ2v) is 4.47. The third-order valence-corrected chi connectivity index (χ3v) is 3.21. The van der Waals surface area contributed by atoms with Crippen molar-refractivity contribution >= 4 is 11.6 Å². The van der Waals surface area contributed by atoms with Gasteiger partial charge in [0.15, 0.2) is 0 Å². The lowest BCUT2D eigenvalue weighted by molar-refractivity contribution is 0.416. The van der Waals surface area contributed by atoms with Crippen molar-refractivity contribution in [3.8, 4) is 17.0 Å². The van der Waals surface area contributed by atoms with E-state index in [1.165, 1.54) is 0 Å². The van der Waals surface area contributed by atoms with Crippen molar-refractivity contribution in [3.63, 3.8) is 0 Å². The number of nitrogens with zero attached hydrogens (tertiary/aromatic N) is 1. The Morgan fingerprint density at radius 1 is 1.44 bits per heavy atom. The minimum absolute atomic E-state index is 0.712. The van der Waals surface area contributed by atoms with Gasteiger partial charge in [0.05, 0.1) is 24.8 Å². The second-order valence-electron chi connectivity index (χ2n) is 4.06. The van der Waals surface area contributed by atoms with Crippen LogP contribution in [0.5, 0.6) is 5.75 Å². The van der Waals surface area contributed by atoms with Crippen molar-refractivity contribution in [2.75, 3.05) is 14.2 Å². The SMILES string of the molecule is CNCc1[nH]cnc1-c1cc(Cl)c(C)cc1OC. The molecule has 2 N–H and O–H groups in total. The molecule has 0 atom stereocenters. The number of ether oxygens (including phenoxy) is 1. The lowest BCUT2D eigenvalue weighted by atomic mass is 10.1. The van der Waals surface area contributed by atoms with Gasteiger partial charge in [-0.15, -0.1) is 0 Å². The van der Waals surface area contributed by atoms with E-state index in [1.54, 1.807) is 13.4 Å². The van der Waals surface area contributed by atoms with Gasteiger partial charge in [-0.3, -0.25) is 0 Å². The van der Waals surface area contributed by atoms with Crippen LogP contribution in [0.1, 0.15) is 11.3 Å². The van der Waals surface area contributed by atoms with Crippen LogP contribution in [0.3, 0.4) is 0 Å². The highest BCUT2D eigenvalue weighted by Crippen LogP contribution is 2.34. The zero-order valence-electron chi connectivity index (χ0n) is 10.7. The molecule has 0 aliphatic rings. The lowest BCUT2D eigenvalue weighted by Gasteiger charge is -2.10. The Hall–Kier alpha value is -1.52. The predicted molar refractivity (Wildman–Crippen MR) is 73.1 cm³/mol. The molecule has 0 aliphatic heterocycles. The molecule has 0 saturated carbocycles. The Kier molecular flexibility index (Phi) is 3.89. The number of benzene rings is 1. The van der Waals surface area contributed by atoms with Crippen molar-refractivity contribution in [3.05, 3.63) is 34.7 Å². The molecule has 2 aromatic rings. The van der Waals surface area contributed by atoms with Crippen LogP contribution in [-0.4, -0.2) is 24.1 Å². The Labute approximate surface area is 111 Å². The summed E-state index contributed by atoms with van der Waals surface area (Å²) in [6, 6.07) is 3.82. The molecule has 2 rings (SSSR count). The van der Waals surface area contributed by atoms with Gasteiger partial charge in [0.2, 0.25) is 0 Å². The molecule has 0 saturated heterocycles. The highest BCUT2D eigenvalue weighted by Gasteiger charge is 2.14. The number of nitrogens with one attached hydrogen (secondary N) is 2. The average Bonchev–Trinajstić information content (AvgIpc) is 2.80. The summed E-state index contributed by atoms with van der Waals surface area (Å²) < 4.78 is 5.41. The number of methoxy groups -OCH3 is 1. The maximum atomic E-state index is 6.18. The van der Waals surface area contributed by atoms with Gasteiger partial charge in [0.25, 0.3) is 0 Å². The van der Waals surface area contributed by atoms with Gasteiger partial charge in [-0.1, -0.05) is 11.6 Å². The first-order valence-corrected chi connectivity index (χ1v) is 6.06. The first-order valence-electron chi connectivity index (χ1n) is 5.68. The van der Waals surface area contributed by atoms with Crippen LogP contribution < -0.4 is 10.1 Å². The highest BCUT2D eigenvalue weighted by atomic mass is 35.5. The van der Waals surface area contributed by atoms with Crippen LogP contribution in [0.2, 0.25) is 5.02 Å². The molecule has 1 aromatic heterocycles. The molecule has 0 radical (unpaired) electrons. The molecule has 5 heteroatoms. The van der Waals surface area contributed by atoms with E-state index in [0.717, 1.165) is 28.3 Å². The lowest BCUT2D eigenvalue weighted by Crippen LogP contribution is -2.06. The summed E-state index contributed by atoms with van der Waals surface area (Å²) in [5, 5.41) is 3.81. The number of hydrogen-bond acceptors (Lipinski definition) is 3. The van der Waals surface area contributed by atoms with Crippen molar-refractivity contribution in [2.45, 2.75) is 13.5 Å². The Bertz CT molecular complexity index is 551. The van der Waals surface area contributed by atoms with Gasteiger partial charge in [0.1, 0.15) is 5.75 Å². The number of rotatable bonds is 4. The fourth-order valence-electron chi connectivity index (χ4n) is 1.87. The first kappa shape index (κ1) is 12.9. The molecule has 0 spiro atoms. The minimum atomic E-state index is 0.712. The number of halogens is 1. The van der Waals surface area contributed by atoms with Crippen molar-refractivity contribution < 1.29 is 4.74 Å². The highest BCUT2D eigenvalue weighted by molar-refractivity contribution is 6.31. The van der Waals surface area contributed by atoms with E-state index >= 15 is 0 Å². The Balaban J connectivity index is 2.55. The normalized spacial score (nSPS) is 10.7. The fourth-order valence-corrected chi connectivity index (χ4v) is 2.04. The molecular weight excluding hydrogens is 250 g/mol. The summed E-state index contributed by atoms with van der Waals surface area (Å²) in [4.78, 5) is 7.47. The third kappa shape index (κ3) is 2.35. The van der Waals surface area contributed by atoms with Crippen LogP contribution in [-0.2, 0) is 6.54 Å². The van der Waals surface area contributed by atoms with Gasteiger partial charge < -0.3 is 15.0 Å². The first-order chi connectivity index (χ1) is 8.67. The maximum Gasteiger partial charge on any atom is 0.128 e. The van der Waals surface area contributed by atoms with Crippen LogP contribution >= 0.6 is 11.6 Å². The van der Waals surface area contributed by atoms with E-state index in [-0.39, 0.29) is 0 Å². The second kappa shape index (κ2) is 5.42. The molecular formula is C13H16ClN3O. The summed E-state index contributed by atoms with van der Waals surface area (Å²) in [5.74, 6) is 0.779. The average molecular weight is 266 g/mol. The monoisotopic (exact) mass is 265 g/mol. The Morgan fingerprint density at radius 3 is 2.89 bits per heavy atom. The zero-order chi connectivity index (χ0) is 13.1. The molecule has 0 fully saturated rings. The number of H-pyrrole nitrogens is 1. The molecule has 1 aromatic carbocycles. The van der Waals surface area contributed by atoms with E-state index in [9.17, 15) is 0 Å². The smallest absolute Gasteiger partial charge is 0.128 e. The van der Waals surface area contributed by atoms with Gasteiger partial charge in [-0.2, -0.15) is 0 Å². The number of aryl methyl sites for hydroxylation is 1. The largest absolute Gasteiger partial charge is 0.496 e. The topological polar surface area (TPSA) is 49.9 Å².